The number of nitrogens with one attached hydrogen (secondary N) is 2. The first kappa shape index (κ1) is 17.5. The Bertz CT molecular complexity index is 524. The van der Waals surface area contributed by atoms with Gasteiger partial charge in [0, 0.05) is 18.7 Å². The summed E-state index contributed by atoms with van der Waals surface area (Å²) in [5, 5.41) is 4.26. The molecule has 0 radical (unpaired) electrons. The molecule has 0 unspecified atom stereocenters. The normalized spacial score (nSPS) is 21.7. The van der Waals surface area contributed by atoms with Gasteiger partial charge >= 0.3 is 0 Å². The van der Waals surface area contributed by atoms with Crippen LogP contribution in [-0.4, -0.2) is 62.6 Å². The van der Waals surface area contributed by atoms with E-state index in [1.807, 2.05) is 12.1 Å². The number of rotatable bonds is 5. The van der Waals surface area contributed by atoms with Crippen molar-refractivity contribution in [2.75, 3.05) is 46.4 Å². The smallest absolute Gasteiger partial charge is 0.169 e. The number of hydrogen-bond donors (Lipinski definition) is 2. The molecule has 2 fully saturated rings. The van der Waals surface area contributed by atoms with Crippen molar-refractivity contribution in [3.63, 3.8) is 0 Å². The van der Waals surface area contributed by atoms with Gasteiger partial charge in [-0.05, 0) is 49.3 Å². The van der Waals surface area contributed by atoms with Crippen molar-refractivity contribution in [3.8, 4) is 5.75 Å². The van der Waals surface area contributed by atoms with Crippen LogP contribution in [0.25, 0.3) is 0 Å². The van der Waals surface area contributed by atoms with E-state index >= 15 is 0 Å². The maximum Gasteiger partial charge on any atom is 0.169 e. The number of benzene rings is 1. The van der Waals surface area contributed by atoms with Gasteiger partial charge in [0.1, 0.15) is 12.3 Å². The van der Waals surface area contributed by atoms with Crippen molar-refractivity contribution >= 4 is 17.3 Å². The lowest BCUT2D eigenvalue weighted by atomic mass is 10.2. The molecule has 2 heterocycles. The predicted octanol–water partition coefficient (Wildman–Crippen LogP) is 0.449. The first-order valence-electron chi connectivity index (χ1n) is 8.85. The zero-order valence-corrected chi connectivity index (χ0v) is 15.2. The molecule has 1 atom stereocenters. The summed E-state index contributed by atoms with van der Waals surface area (Å²) < 4.78 is 10.9. The third kappa shape index (κ3) is 4.82. The van der Waals surface area contributed by atoms with E-state index in [1.165, 1.54) is 12.0 Å². The highest BCUT2D eigenvalue weighted by Gasteiger charge is 2.23. The molecule has 0 aromatic heterocycles. The quantitative estimate of drug-likeness (QED) is 0.755. The molecule has 0 saturated carbocycles. The molecule has 0 spiro atoms. The highest BCUT2D eigenvalue weighted by atomic mass is 32.1. The molecule has 1 aromatic rings. The number of hydrogen-bond acceptors (Lipinski definition) is 3. The number of nitrogens with zero attached hydrogens (tertiary/aromatic N) is 1. The minimum Gasteiger partial charge on any atom is -0.497 e. The fourth-order valence-corrected chi connectivity index (χ4v) is 3.62. The van der Waals surface area contributed by atoms with Gasteiger partial charge in [-0.25, -0.2) is 0 Å². The third-order valence-electron chi connectivity index (χ3n) is 4.88. The van der Waals surface area contributed by atoms with Gasteiger partial charge in [0.25, 0.3) is 0 Å². The first-order chi connectivity index (χ1) is 11.7. The Labute approximate surface area is 149 Å². The lowest BCUT2D eigenvalue weighted by Gasteiger charge is -2.34. The van der Waals surface area contributed by atoms with Crippen LogP contribution in [0.5, 0.6) is 5.75 Å². The summed E-state index contributed by atoms with van der Waals surface area (Å²) in [5.41, 5.74) is 1.36. The second-order valence-electron chi connectivity index (χ2n) is 6.58. The summed E-state index contributed by atoms with van der Waals surface area (Å²) in [6.45, 7) is 7.07. The second kappa shape index (κ2) is 8.65. The van der Waals surface area contributed by atoms with Crippen LogP contribution in [0.15, 0.2) is 24.3 Å². The summed E-state index contributed by atoms with van der Waals surface area (Å²) in [6, 6.07) is 8.39. The van der Waals surface area contributed by atoms with Gasteiger partial charge < -0.3 is 24.6 Å². The summed E-state index contributed by atoms with van der Waals surface area (Å²) in [5.74, 6) is 0.918. The molecule has 5 nitrogen and oxygen atoms in total. The van der Waals surface area contributed by atoms with E-state index in [-0.39, 0.29) is 0 Å². The van der Waals surface area contributed by atoms with E-state index in [9.17, 15) is 0 Å². The highest BCUT2D eigenvalue weighted by molar-refractivity contribution is 7.80. The second-order valence-corrected chi connectivity index (χ2v) is 6.97. The van der Waals surface area contributed by atoms with Gasteiger partial charge in [0.2, 0.25) is 0 Å². The molecule has 2 aliphatic heterocycles. The van der Waals surface area contributed by atoms with Crippen LogP contribution >= 0.6 is 12.2 Å². The lowest BCUT2D eigenvalue weighted by Crippen LogP contribution is -3.13. The monoisotopic (exact) mass is 350 g/mol. The molecule has 2 aliphatic rings. The average Bonchev–Trinajstić information content (AvgIpc) is 3.14. The minimum atomic E-state index is 0.338. The Morgan fingerprint density at radius 3 is 2.71 bits per heavy atom. The molecule has 0 aliphatic carbocycles. The molecule has 24 heavy (non-hydrogen) atoms. The van der Waals surface area contributed by atoms with Crippen LogP contribution in [0.3, 0.4) is 0 Å². The van der Waals surface area contributed by atoms with E-state index in [2.05, 4.69) is 22.3 Å². The number of methoxy groups -OCH3 is 1. The predicted molar refractivity (Wildman–Crippen MR) is 98.5 cm³/mol. The molecule has 0 bridgehead atoms. The van der Waals surface area contributed by atoms with Crippen molar-refractivity contribution in [1.82, 2.24) is 10.2 Å². The van der Waals surface area contributed by atoms with Crippen molar-refractivity contribution in [2.24, 2.45) is 0 Å². The van der Waals surface area contributed by atoms with Crippen molar-refractivity contribution in [2.45, 2.75) is 25.5 Å². The first-order valence-corrected chi connectivity index (χ1v) is 9.26. The average molecular weight is 351 g/mol. The van der Waals surface area contributed by atoms with Crippen LogP contribution in [0.4, 0.5) is 0 Å². The van der Waals surface area contributed by atoms with Gasteiger partial charge in [-0.1, -0.05) is 0 Å². The molecule has 1 aromatic carbocycles. The van der Waals surface area contributed by atoms with Gasteiger partial charge in [-0.15, -0.1) is 0 Å². The van der Waals surface area contributed by atoms with Crippen molar-refractivity contribution in [1.29, 1.82) is 0 Å². The molecular weight excluding hydrogens is 322 g/mol. The van der Waals surface area contributed by atoms with Gasteiger partial charge in [-0.3, -0.25) is 0 Å². The summed E-state index contributed by atoms with van der Waals surface area (Å²) in [7, 11) is 1.70. The fraction of sp³-hybridized carbons (Fsp3) is 0.611. The van der Waals surface area contributed by atoms with Gasteiger partial charge in [0.05, 0.1) is 39.4 Å². The molecule has 2 saturated heterocycles. The topological polar surface area (TPSA) is 38.2 Å². The number of ether oxygens (including phenoxy) is 2. The summed E-state index contributed by atoms with van der Waals surface area (Å²) >= 11 is 5.54. The van der Waals surface area contributed by atoms with Crippen LogP contribution in [0.1, 0.15) is 18.4 Å². The minimum absolute atomic E-state index is 0.338. The zero-order valence-electron chi connectivity index (χ0n) is 14.4. The Morgan fingerprint density at radius 1 is 1.33 bits per heavy atom. The third-order valence-corrected chi connectivity index (χ3v) is 5.28. The van der Waals surface area contributed by atoms with E-state index in [0.717, 1.165) is 63.2 Å². The van der Waals surface area contributed by atoms with Crippen LogP contribution < -0.4 is 15.0 Å². The molecule has 6 heteroatoms. The van der Waals surface area contributed by atoms with Crippen LogP contribution in [0, 0.1) is 0 Å². The Balaban J connectivity index is 1.38. The SMILES string of the molecule is COc1ccc(C[NH+]2CCN(C(=S)NC[C@H]3CCCO3)CC2)cc1. The Morgan fingerprint density at radius 2 is 2.08 bits per heavy atom. The fourth-order valence-electron chi connectivity index (χ4n) is 3.35. The zero-order chi connectivity index (χ0) is 16.8. The van der Waals surface area contributed by atoms with E-state index in [1.54, 1.807) is 12.0 Å². The Kier molecular flexibility index (Phi) is 6.29. The highest BCUT2D eigenvalue weighted by Crippen LogP contribution is 2.11. The molecular formula is C18H28N3O2S+. The molecule has 3 rings (SSSR count). The number of thiocarbonyl (C=S) groups is 1. The Hall–Kier alpha value is -1.37. The van der Waals surface area contributed by atoms with E-state index in [0.29, 0.717) is 6.10 Å². The molecule has 132 valence electrons. The lowest BCUT2D eigenvalue weighted by molar-refractivity contribution is -0.917. The maximum absolute atomic E-state index is 5.64. The van der Waals surface area contributed by atoms with Crippen LogP contribution in [-0.2, 0) is 11.3 Å². The van der Waals surface area contributed by atoms with Gasteiger partial charge in [-0.2, -0.15) is 0 Å². The molecule has 0 amide bonds. The largest absolute Gasteiger partial charge is 0.497 e. The summed E-state index contributed by atoms with van der Waals surface area (Å²) in [6.07, 6.45) is 2.66. The maximum atomic E-state index is 5.64. The number of piperazine rings is 1. The van der Waals surface area contributed by atoms with Crippen LogP contribution in [0.2, 0.25) is 0 Å². The van der Waals surface area contributed by atoms with Gasteiger partial charge in [0.15, 0.2) is 5.11 Å². The van der Waals surface area contributed by atoms with Crippen molar-refractivity contribution < 1.29 is 14.4 Å². The van der Waals surface area contributed by atoms with E-state index in [4.69, 9.17) is 21.7 Å². The van der Waals surface area contributed by atoms with E-state index < -0.39 is 0 Å². The summed E-state index contributed by atoms with van der Waals surface area (Å²) in [4.78, 5) is 3.90. The van der Waals surface area contributed by atoms with Crippen molar-refractivity contribution in [3.05, 3.63) is 29.8 Å². The molecule has 2 N–H and O–H groups in total. The number of quaternary nitrogens is 1. The standard InChI is InChI=1S/C18H27N3O2S/c1-22-16-6-4-15(5-7-16)14-20-8-10-21(11-9-20)18(24)19-13-17-3-2-12-23-17/h4-7,17H,2-3,8-14H2,1H3,(H,19,24)/p+1/t17-/m1/s1.